The van der Waals surface area contributed by atoms with Gasteiger partial charge in [-0.1, -0.05) is 17.7 Å². The zero-order valence-corrected chi connectivity index (χ0v) is 17.7. The molecule has 1 N–H and O–H groups in total. The summed E-state index contributed by atoms with van der Waals surface area (Å²) in [6, 6.07) is 9.90. The molecule has 0 bridgehead atoms. The first-order valence-electron chi connectivity index (χ1n) is 9.14. The summed E-state index contributed by atoms with van der Waals surface area (Å²) in [4.78, 5) is 19.2. The fourth-order valence-electron chi connectivity index (χ4n) is 3.36. The van der Waals surface area contributed by atoms with Crippen LogP contribution in [0, 0.1) is 0 Å². The fraction of sp³-hybridized carbons (Fsp3) is 0.400. The van der Waals surface area contributed by atoms with E-state index in [9.17, 15) is 13.2 Å². The molecule has 1 aromatic heterocycles. The van der Waals surface area contributed by atoms with Gasteiger partial charge in [0, 0.05) is 23.8 Å². The van der Waals surface area contributed by atoms with Crippen molar-refractivity contribution in [2.45, 2.75) is 50.1 Å². The first kappa shape index (κ1) is 20.8. The molecule has 28 heavy (non-hydrogen) atoms. The summed E-state index contributed by atoms with van der Waals surface area (Å²) in [5.41, 5.74) is 0.465. The number of carbonyl (C=O) groups is 1. The van der Waals surface area contributed by atoms with Crippen molar-refractivity contribution in [3.05, 3.63) is 58.9 Å². The number of hydrogen-bond donors (Lipinski definition) is 1. The highest BCUT2D eigenvalue weighted by molar-refractivity contribution is 7.89. The Kier molecular flexibility index (Phi) is 5.79. The molecule has 1 aliphatic heterocycles. The molecule has 6 nitrogen and oxygen atoms in total. The largest absolute Gasteiger partial charge is 0.330 e. The van der Waals surface area contributed by atoms with Crippen LogP contribution in [0.3, 0.4) is 0 Å². The minimum atomic E-state index is -3.86. The van der Waals surface area contributed by atoms with Gasteiger partial charge in [0.1, 0.15) is 4.90 Å². The van der Waals surface area contributed by atoms with E-state index in [4.69, 9.17) is 11.6 Å². The van der Waals surface area contributed by atoms with Crippen LogP contribution in [0.25, 0.3) is 0 Å². The average molecular weight is 422 g/mol. The standard InChI is InChI=1S/C20H24ClN3O3S/c1-20(2,3)23-28(26,27)18-13-14(9-10-15(18)21)19(25)24-12-6-8-17(24)16-7-4-5-11-22-16/h4-5,7,9-11,13,17,23H,6,8,12H2,1-3H3. The van der Waals surface area contributed by atoms with Gasteiger partial charge in [0.2, 0.25) is 10.0 Å². The molecule has 1 fully saturated rings. The van der Waals surface area contributed by atoms with E-state index in [2.05, 4.69) is 9.71 Å². The molecular weight excluding hydrogens is 398 g/mol. The molecule has 1 aliphatic rings. The summed E-state index contributed by atoms with van der Waals surface area (Å²) >= 11 is 6.14. The summed E-state index contributed by atoms with van der Waals surface area (Å²) in [6.45, 7) is 5.84. The third kappa shape index (κ3) is 4.54. The maximum atomic E-state index is 13.1. The lowest BCUT2D eigenvalue weighted by atomic mass is 10.1. The number of sulfonamides is 1. The van der Waals surface area contributed by atoms with E-state index in [0.717, 1.165) is 18.5 Å². The Labute approximate surface area is 171 Å². The van der Waals surface area contributed by atoms with Crippen LogP contribution in [0.1, 0.15) is 55.7 Å². The molecule has 0 aliphatic carbocycles. The van der Waals surface area contributed by atoms with E-state index >= 15 is 0 Å². The van der Waals surface area contributed by atoms with Gasteiger partial charge in [-0.2, -0.15) is 0 Å². The second kappa shape index (κ2) is 7.81. The number of pyridine rings is 1. The molecule has 150 valence electrons. The molecule has 1 amide bonds. The smallest absolute Gasteiger partial charge is 0.254 e. The number of carbonyl (C=O) groups excluding carboxylic acids is 1. The summed E-state index contributed by atoms with van der Waals surface area (Å²) in [6.07, 6.45) is 3.41. The van der Waals surface area contributed by atoms with Crippen molar-refractivity contribution in [2.75, 3.05) is 6.54 Å². The molecule has 3 rings (SSSR count). The summed E-state index contributed by atoms with van der Waals surface area (Å²) in [5.74, 6) is -0.225. The minimum Gasteiger partial charge on any atom is -0.330 e. The summed E-state index contributed by atoms with van der Waals surface area (Å²) < 4.78 is 28.0. The Balaban J connectivity index is 1.93. The molecule has 1 aromatic carbocycles. The number of amides is 1. The molecule has 1 saturated heterocycles. The van der Waals surface area contributed by atoms with Crippen LogP contribution in [0.5, 0.6) is 0 Å². The molecule has 1 unspecified atom stereocenters. The van der Waals surface area contributed by atoms with Gasteiger partial charge in [-0.25, -0.2) is 13.1 Å². The SMILES string of the molecule is CC(C)(C)NS(=O)(=O)c1cc(C(=O)N2CCCC2c2ccccn2)ccc1Cl. The Hall–Kier alpha value is -1.96. The number of hydrogen-bond acceptors (Lipinski definition) is 4. The second-order valence-electron chi connectivity index (χ2n) is 7.91. The number of aromatic nitrogens is 1. The maximum absolute atomic E-state index is 13.1. The Morgan fingerprint density at radius 1 is 1.25 bits per heavy atom. The zero-order valence-electron chi connectivity index (χ0n) is 16.1. The molecule has 1 atom stereocenters. The van der Waals surface area contributed by atoms with Crippen LogP contribution < -0.4 is 4.72 Å². The van der Waals surface area contributed by atoms with Gasteiger partial charge >= 0.3 is 0 Å². The minimum absolute atomic E-state index is 0.0796. The normalized spacial score (nSPS) is 17.7. The summed E-state index contributed by atoms with van der Waals surface area (Å²) in [7, 11) is -3.86. The van der Waals surface area contributed by atoms with Gasteiger partial charge < -0.3 is 4.90 Å². The van der Waals surface area contributed by atoms with Crippen molar-refractivity contribution in [1.29, 1.82) is 0 Å². The fourth-order valence-corrected chi connectivity index (χ4v) is 5.30. The number of rotatable bonds is 4. The molecule has 2 heterocycles. The molecule has 0 radical (unpaired) electrons. The second-order valence-corrected chi connectivity index (χ2v) is 9.97. The van der Waals surface area contributed by atoms with Crippen LogP contribution in [-0.4, -0.2) is 36.3 Å². The van der Waals surface area contributed by atoms with E-state index in [1.165, 1.54) is 12.1 Å². The van der Waals surface area contributed by atoms with Crippen molar-refractivity contribution in [3.8, 4) is 0 Å². The van der Waals surface area contributed by atoms with Gasteiger partial charge in [-0.05, 0) is 63.9 Å². The maximum Gasteiger partial charge on any atom is 0.254 e. The topological polar surface area (TPSA) is 79.4 Å². The third-order valence-corrected chi connectivity index (χ3v) is 6.69. The average Bonchev–Trinajstić information content (AvgIpc) is 3.10. The Bertz CT molecular complexity index is 972. The van der Waals surface area contributed by atoms with Crippen LogP contribution in [0.2, 0.25) is 5.02 Å². The first-order valence-corrected chi connectivity index (χ1v) is 11.0. The third-order valence-electron chi connectivity index (χ3n) is 4.45. The predicted molar refractivity (Wildman–Crippen MR) is 109 cm³/mol. The van der Waals surface area contributed by atoms with Gasteiger partial charge in [0.25, 0.3) is 5.91 Å². The summed E-state index contributed by atoms with van der Waals surface area (Å²) in [5, 5.41) is 0.0796. The molecule has 8 heteroatoms. The highest BCUT2D eigenvalue weighted by Crippen LogP contribution is 2.33. The lowest BCUT2D eigenvalue weighted by Crippen LogP contribution is -2.40. The lowest BCUT2D eigenvalue weighted by Gasteiger charge is -2.25. The van der Waals surface area contributed by atoms with Crippen molar-refractivity contribution in [3.63, 3.8) is 0 Å². The zero-order chi connectivity index (χ0) is 20.5. The van der Waals surface area contributed by atoms with E-state index in [0.29, 0.717) is 12.1 Å². The van der Waals surface area contributed by atoms with Crippen molar-refractivity contribution < 1.29 is 13.2 Å². The van der Waals surface area contributed by atoms with Gasteiger partial charge in [-0.15, -0.1) is 0 Å². The first-order chi connectivity index (χ1) is 13.1. The van der Waals surface area contributed by atoms with Crippen LogP contribution in [-0.2, 0) is 10.0 Å². The highest BCUT2D eigenvalue weighted by Gasteiger charge is 2.32. The number of likely N-dealkylation sites (tertiary alicyclic amines) is 1. The van der Waals surface area contributed by atoms with E-state index < -0.39 is 15.6 Å². The molecule has 0 saturated carbocycles. The van der Waals surface area contributed by atoms with Gasteiger partial charge in [-0.3, -0.25) is 9.78 Å². The number of nitrogens with zero attached hydrogens (tertiary/aromatic N) is 2. The monoisotopic (exact) mass is 421 g/mol. The highest BCUT2D eigenvalue weighted by atomic mass is 35.5. The molecule has 2 aromatic rings. The van der Waals surface area contributed by atoms with Gasteiger partial charge in [0.15, 0.2) is 0 Å². The van der Waals surface area contributed by atoms with Crippen molar-refractivity contribution in [2.24, 2.45) is 0 Å². The quantitative estimate of drug-likeness (QED) is 0.814. The predicted octanol–water partition coefficient (Wildman–Crippen LogP) is 3.79. The molecule has 0 spiro atoms. The van der Waals surface area contributed by atoms with Crippen LogP contribution >= 0.6 is 11.6 Å². The lowest BCUT2D eigenvalue weighted by molar-refractivity contribution is 0.0732. The number of halogens is 1. The number of benzene rings is 1. The Morgan fingerprint density at radius 3 is 2.64 bits per heavy atom. The van der Waals surface area contributed by atoms with Crippen LogP contribution in [0.15, 0.2) is 47.5 Å². The van der Waals surface area contributed by atoms with Crippen LogP contribution in [0.4, 0.5) is 0 Å². The van der Waals surface area contributed by atoms with E-state index in [-0.39, 0.29) is 21.9 Å². The van der Waals surface area contributed by atoms with Gasteiger partial charge in [0.05, 0.1) is 16.8 Å². The molecular formula is C20H24ClN3O3S. The Morgan fingerprint density at radius 2 is 2.00 bits per heavy atom. The van der Waals surface area contributed by atoms with E-state index in [1.807, 2.05) is 18.2 Å². The van der Waals surface area contributed by atoms with E-state index in [1.54, 1.807) is 37.9 Å². The van der Waals surface area contributed by atoms with Crippen molar-refractivity contribution >= 4 is 27.5 Å². The number of nitrogens with one attached hydrogen (secondary N) is 1. The van der Waals surface area contributed by atoms with Crippen molar-refractivity contribution in [1.82, 2.24) is 14.6 Å².